The molecule has 3 rings (SSSR count). The fraction of sp³-hybridized carbons (Fsp3) is 0.429. The van der Waals surface area contributed by atoms with Crippen molar-refractivity contribution in [2.75, 3.05) is 0 Å². The zero-order valence-electron chi connectivity index (χ0n) is 20.7. The van der Waals surface area contributed by atoms with Crippen LogP contribution in [0.4, 0.5) is 4.39 Å². The van der Waals surface area contributed by atoms with Crippen molar-refractivity contribution < 1.29 is 4.39 Å². The van der Waals surface area contributed by atoms with E-state index >= 15 is 0 Å². The molecule has 0 fully saturated rings. The largest absolute Gasteiger partial charge is 0.264 e. The molecule has 168 valence electrons. The van der Waals surface area contributed by atoms with Crippen molar-refractivity contribution in [3.63, 3.8) is 0 Å². The summed E-state index contributed by atoms with van der Waals surface area (Å²) in [5, 5.41) is 0. The SMILES string of the molecule is CC(C)(C)c1ccc(F)cc1.CC(C)(C)c1ccccn1.CC(C)(C)c1cccnc1. The maximum absolute atomic E-state index is 12.5. The minimum atomic E-state index is -0.169. The molecule has 3 heteroatoms. The number of benzene rings is 1. The molecule has 0 aliphatic rings. The smallest absolute Gasteiger partial charge is 0.123 e. The van der Waals surface area contributed by atoms with E-state index in [0.29, 0.717) is 0 Å². The Morgan fingerprint density at radius 2 is 1.16 bits per heavy atom. The molecule has 0 N–H and O–H groups in total. The molecular formula is C28H39FN2. The fourth-order valence-corrected chi connectivity index (χ4v) is 2.56. The number of pyridine rings is 2. The molecule has 0 saturated heterocycles. The number of rotatable bonds is 0. The number of halogens is 1. The summed E-state index contributed by atoms with van der Waals surface area (Å²) >= 11 is 0. The Morgan fingerprint density at radius 3 is 1.48 bits per heavy atom. The molecule has 2 nitrogen and oxygen atoms in total. The molecule has 0 aliphatic heterocycles. The van der Waals surface area contributed by atoms with Crippen LogP contribution < -0.4 is 0 Å². The summed E-state index contributed by atoms with van der Waals surface area (Å²) in [5.41, 5.74) is 4.13. The van der Waals surface area contributed by atoms with Crippen molar-refractivity contribution in [1.29, 1.82) is 0 Å². The molecule has 0 aliphatic carbocycles. The van der Waals surface area contributed by atoms with E-state index in [1.54, 1.807) is 6.20 Å². The van der Waals surface area contributed by atoms with Crippen LogP contribution in [0.1, 0.15) is 79.1 Å². The van der Waals surface area contributed by atoms with Gasteiger partial charge in [-0.2, -0.15) is 0 Å². The minimum Gasteiger partial charge on any atom is -0.264 e. The predicted octanol–water partition coefficient (Wildman–Crippen LogP) is 7.88. The van der Waals surface area contributed by atoms with Gasteiger partial charge in [0.1, 0.15) is 5.82 Å². The standard InChI is InChI=1S/C10H13F.2C9H13N/c1-10(2,3)8-4-6-9(11)7-5-8;1-9(2,3)8-5-4-6-10-7-8;1-9(2,3)8-6-4-5-7-10-8/h4-7H,1-3H3;2*4-7H,1-3H3. The molecule has 0 saturated carbocycles. The summed E-state index contributed by atoms with van der Waals surface area (Å²) in [6.45, 7) is 19.4. The van der Waals surface area contributed by atoms with Crippen LogP contribution in [0.2, 0.25) is 0 Å². The lowest BCUT2D eigenvalue weighted by atomic mass is 9.87. The van der Waals surface area contributed by atoms with Gasteiger partial charge in [0.05, 0.1) is 0 Å². The van der Waals surface area contributed by atoms with Gasteiger partial charge in [0.2, 0.25) is 0 Å². The first-order valence-corrected chi connectivity index (χ1v) is 10.8. The van der Waals surface area contributed by atoms with Gasteiger partial charge in [-0.05, 0) is 52.3 Å². The van der Waals surface area contributed by atoms with Crippen molar-refractivity contribution in [2.24, 2.45) is 0 Å². The van der Waals surface area contributed by atoms with Gasteiger partial charge in [0.15, 0.2) is 0 Å². The van der Waals surface area contributed by atoms with Crippen LogP contribution >= 0.6 is 0 Å². The summed E-state index contributed by atoms with van der Waals surface area (Å²) in [5.74, 6) is -0.169. The summed E-state index contributed by atoms with van der Waals surface area (Å²) in [6, 6.07) is 16.8. The molecule has 0 unspecified atom stereocenters. The van der Waals surface area contributed by atoms with Gasteiger partial charge in [-0.1, -0.05) is 86.6 Å². The van der Waals surface area contributed by atoms with Crippen LogP contribution in [0.15, 0.2) is 73.2 Å². The Morgan fingerprint density at radius 1 is 0.581 bits per heavy atom. The lowest BCUT2D eigenvalue weighted by Crippen LogP contribution is -2.12. The van der Waals surface area contributed by atoms with E-state index < -0.39 is 0 Å². The second-order valence-electron chi connectivity index (χ2n) is 10.7. The minimum absolute atomic E-state index is 0.119. The number of hydrogen-bond acceptors (Lipinski definition) is 2. The highest BCUT2D eigenvalue weighted by Crippen LogP contribution is 2.22. The van der Waals surface area contributed by atoms with Crippen LogP contribution in [-0.4, -0.2) is 9.97 Å². The van der Waals surface area contributed by atoms with Crippen LogP contribution in [-0.2, 0) is 16.2 Å². The van der Waals surface area contributed by atoms with Gasteiger partial charge >= 0.3 is 0 Å². The third-order valence-corrected chi connectivity index (χ3v) is 4.67. The Labute approximate surface area is 189 Å². The Kier molecular flexibility index (Phi) is 9.55. The van der Waals surface area contributed by atoms with E-state index in [4.69, 9.17) is 0 Å². The van der Waals surface area contributed by atoms with Crippen molar-refractivity contribution >= 4 is 0 Å². The molecule has 31 heavy (non-hydrogen) atoms. The summed E-state index contributed by atoms with van der Waals surface area (Å²) < 4.78 is 12.5. The van der Waals surface area contributed by atoms with Crippen molar-refractivity contribution in [3.05, 3.63) is 95.8 Å². The fourth-order valence-electron chi connectivity index (χ4n) is 2.56. The zero-order chi connectivity index (χ0) is 23.7. The molecule has 0 amide bonds. The lowest BCUT2D eigenvalue weighted by Gasteiger charge is -2.18. The highest BCUT2D eigenvalue weighted by Gasteiger charge is 2.14. The maximum atomic E-state index is 12.5. The van der Waals surface area contributed by atoms with Crippen LogP contribution in [0.3, 0.4) is 0 Å². The molecule has 0 bridgehead atoms. The molecular weight excluding hydrogens is 383 g/mol. The van der Waals surface area contributed by atoms with Crippen LogP contribution in [0.25, 0.3) is 0 Å². The maximum Gasteiger partial charge on any atom is 0.123 e. The Bertz CT molecular complexity index is 817. The summed E-state index contributed by atoms with van der Waals surface area (Å²) in [7, 11) is 0. The van der Waals surface area contributed by atoms with Gasteiger partial charge in [-0.15, -0.1) is 0 Å². The van der Waals surface area contributed by atoms with Gasteiger partial charge < -0.3 is 0 Å². The predicted molar refractivity (Wildman–Crippen MR) is 131 cm³/mol. The van der Waals surface area contributed by atoms with E-state index in [1.807, 2.05) is 42.7 Å². The quantitative estimate of drug-likeness (QED) is 0.368. The first kappa shape index (κ1) is 26.5. The van der Waals surface area contributed by atoms with Gasteiger partial charge in [-0.3, -0.25) is 9.97 Å². The normalized spacial score (nSPS) is 11.5. The van der Waals surface area contributed by atoms with E-state index in [9.17, 15) is 4.39 Å². The molecule has 2 aromatic heterocycles. The average molecular weight is 423 g/mol. The van der Waals surface area contributed by atoms with Crippen molar-refractivity contribution in [3.8, 4) is 0 Å². The molecule has 0 spiro atoms. The lowest BCUT2D eigenvalue weighted by molar-refractivity contribution is 0.569. The molecule has 3 aromatic rings. The average Bonchev–Trinajstić information content (AvgIpc) is 2.69. The number of hydrogen-bond donors (Lipinski definition) is 0. The summed E-state index contributed by atoms with van der Waals surface area (Å²) in [6.07, 6.45) is 5.55. The number of aromatic nitrogens is 2. The van der Waals surface area contributed by atoms with Crippen LogP contribution in [0.5, 0.6) is 0 Å². The topological polar surface area (TPSA) is 25.8 Å². The van der Waals surface area contributed by atoms with Gasteiger partial charge in [0, 0.05) is 29.7 Å². The van der Waals surface area contributed by atoms with Crippen LogP contribution in [0, 0.1) is 5.82 Å². The number of nitrogens with zero attached hydrogens (tertiary/aromatic N) is 2. The Balaban J connectivity index is 0.000000233. The molecule has 0 atom stereocenters. The first-order chi connectivity index (χ1) is 14.2. The first-order valence-electron chi connectivity index (χ1n) is 10.8. The highest BCUT2D eigenvalue weighted by molar-refractivity contribution is 5.23. The second kappa shape index (κ2) is 11.2. The third-order valence-electron chi connectivity index (χ3n) is 4.67. The van der Waals surface area contributed by atoms with Gasteiger partial charge in [0.25, 0.3) is 0 Å². The van der Waals surface area contributed by atoms with E-state index in [1.165, 1.54) is 23.3 Å². The van der Waals surface area contributed by atoms with E-state index in [0.717, 1.165) is 5.69 Å². The zero-order valence-corrected chi connectivity index (χ0v) is 20.7. The molecule has 2 heterocycles. The van der Waals surface area contributed by atoms with Crippen molar-refractivity contribution in [1.82, 2.24) is 9.97 Å². The molecule has 0 radical (unpaired) electrons. The van der Waals surface area contributed by atoms with E-state index in [-0.39, 0.29) is 22.1 Å². The summed E-state index contributed by atoms with van der Waals surface area (Å²) in [4.78, 5) is 8.30. The van der Waals surface area contributed by atoms with Crippen molar-refractivity contribution in [2.45, 2.75) is 78.6 Å². The highest BCUT2D eigenvalue weighted by atomic mass is 19.1. The Hall–Kier alpha value is -2.55. The monoisotopic (exact) mass is 422 g/mol. The third kappa shape index (κ3) is 10.3. The second-order valence-corrected chi connectivity index (χ2v) is 10.7. The van der Waals surface area contributed by atoms with Gasteiger partial charge in [-0.25, -0.2) is 4.39 Å². The molecule has 1 aromatic carbocycles. The van der Waals surface area contributed by atoms with E-state index in [2.05, 4.69) is 84.4 Å².